The minimum Gasteiger partial charge on any atom is -0.320 e. The molecule has 0 spiro atoms. The molecular weight excluding hydrogens is 366 g/mol. The molecule has 0 aliphatic heterocycles. The second kappa shape index (κ2) is 6.99. The van der Waals surface area contributed by atoms with Crippen LogP contribution in [0.5, 0.6) is 0 Å². The van der Waals surface area contributed by atoms with Gasteiger partial charge in [0.05, 0.1) is 5.69 Å². The van der Waals surface area contributed by atoms with Crippen LogP contribution in [-0.4, -0.2) is 11.2 Å². The van der Waals surface area contributed by atoms with Gasteiger partial charge in [0.1, 0.15) is 4.88 Å². The summed E-state index contributed by atoms with van der Waals surface area (Å²) >= 11 is 6.76. The Labute approximate surface area is 141 Å². The van der Waals surface area contributed by atoms with Crippen molar-refractivity contribution in [2.75, 3.05) is 5.32 Å². The number of halogens is 1. The van der Waals surface area contributed by atoms with E-state index in [1.807, 2.05) is 41.4 Å². The van der Waals surface area contributed by atoms with Crippen LogP contribution < -0.4 is 5.32 Å². The molecule has 1 saturated carbocycles. The Morgan fingerprint density at radius 2 is 2.00 bits per heavy atom. The summed E-state index contributed by atoms with van der Waals surface area (Å²) in [6.45, 7) is 0. The fourth-order valence-corrected chi connectivity index (χ4v) is 5.27. The minimum atomic E-state index is -0.0450. The van der Waals surface area contributed by atoms with Crippen molar-refractivity contribution in [1.82, 2.24) is 0 Å². The summed E-state index contributed by atoms with van der Waals surface area (Å²) < 4.78 is 0.853. The quantitative estimate of drug-likeness (QED) is 0.724. The van der Waals surface area contributed by atoms with Gasteiger partial charge in [0.2, 0.25) is 0 Å². The zero-order valence-electron chi connectivity index (χ0n) is 11.5. The fraction of sp³-hybridized carbons (Fsp3) is 0.312. The number of anilines is 1. The second-order valence-electron chi connectivity index (χ2n) is 5.07. The first-order valence-corrected chi connectivity index (χ1v) is 9.59. The van der Waals surface area contributed by atoms with Gasteiger partial charge in [-0.25, -0.2) is 0 Å². The van der Waals surface area contributed by atoms with Crippen LogP contribution >= 0.6 is 39.0 Å². The third-order valence-corrected chi connectivity index (χ3v) is 6.81. The summed E-state index contributed by atoms with van der Waals surface area (Å²) in [7, 11) is 0. The van der Waals surface area contributed by atoms with Crippen molar-refractivity contribution in [3.05, 3.63) is 45.1 Å². The number of thioether (sulfide) groups is 1. The molecular formula is C16H16BrNOS2. The third-order valence-electron chi connectivity index (χ3n) is 3.55. The Hall–Kier alpha value is -0.780. The molecule has 5 heteroatoms. The number of para-hydroxylation sites is 1. The van der Waals surface area contributed by atoms with Crippen LogP contribution in [0.3, 0.4) is 0 Å². The first kappa shape index (κ1) is 15.1. The van der Waals surface area contributed by atoms with E-state index < -0.39 is 0 Å². The van der Waals surface area contributed by atoms with E-state index in [4.69, 9.17) is 0 Å². The zero-order chi connectivity index (χ0) is 14.7. The summed E-state index contributed by atoms with van der Waals surface area (Å²) in [5.74, 6) is -0.0450. The molecule has 1 amide bonds. The van der Waals surface area contributed by atoms with E-state index in [1.165, 1.54) is 41.9 Å². The van der Waals surface area contributed by atoms with E-state index in [2.05, 4.69) is 27.3 Å². The molecule has 1 aromatic carbocycles. The Morgan fingerprint density at radius 1 is 1.24 bits per heavy atom. The van der Waals surface area contributed by atoms with Gasteiger partial charge < -0.3 is 5.32 Å². The topological polar surface area (TPSA) is 29.1 Å². The van der Waals surface area contributed by atoms with E-state index >= 15 is 0 Å². The Kier molecular flexibility index (Phi) is 5.03. The number of benzene rings is 1. The predicted octanol–water partition coefficient (Wildman–Crippen LogP) is 5.80. The van der Waals surface area contributed by atoms with Gasteiger partial charge in [-0.05, 0) is 52.4 Å². The molecule has 0 saturated heterocycles. The molecule has 1 aromatic heterocycles. The molecule has 1 heterocycles. The monoisotopic (exact) mass is 381 g/mol. The van der Waals surface area contributed by atoms with Gasteiger partial charge in [0.15, 0.2) is 0 Å². The van der Waals surface area contributed by atoms with Crippen LogP contribution in [0.25, 0.3) is 0 Å². The number of hydrogen-bond acceptors (Lipinski definition) is 3. The summed E-state index contributed by atoms with van der Waals surface area (Å²) in [5, 5.41) is 5.65. The Balaban J connectivity index is 1.75. The molecule has 1 fully saturated rings. The maximum Gasteiger partial charge on any atom is 0.266 e. The molecule has 0 unspecified atom stereocenters. The van der Waals surface area contributed by atoms with Crippen molar-refractivity contribution < 1.29 is 4.79 Å². The lowest BCUT2D eigenvalue weighted by Gasteiger charge is -2.13. The number of hydrogen-bond donors (Lipinski definition) is 1. The predicted molar refractivity (Wildman–Crippen MR) is 94.5 cm³/mol. The average molecular weight is 382 g/mol. The van der Waals surface area contributed by atoms with Crippen molar-refractivity contribution in [2.45, 2.75) is 35.8 Å². The minimum absolute atomic E-state index is 0.0450. The highest BCUT2D eigenvalue weighted by Gasteiger charge is 2.19. The van der Waals surface area contributed by atoms with Gasteiger partial charge in [0, 0.05) is 14.6 Å². The Morgan fingerprint density at radius 3 is 2.71 bits per heavy atom. The molecule has 0 bridgehead atoms. The maximum atomic E-state index is 12.3. The lowest BCUT2D eigenvalue weighted by Crippen LogP contribution is -2.11. The van der Waals surface area contributed by atoms with E-state index in [-0.39, 0.29) is 5.91 Å². The van der Waals surface area contributed by atoms with Crippen LogP contribution in [-0.2, 0) is 0 Å². The molecule has 2 nitrogen and oxygen atoms in total. The largest absolute Gasteiger partial charge is 0.320 e. The molecule has 110 valence electrons. The van der Waals surface area contributed by atoms with Gasteiger partial charge >= 0.3 is 0 Å². The number of carbonyl (C=O) groups excluding carboxylic acids is 1. The van der Waals surface area contributed by atoms with E-state index in [9.17, 15) is 4.79 Å². The molecule has 1 aliphatic rings. The van der Waals surface area contributed by atoms with Crippen LogP contribution in [0.4, 0.5) is 5.69 Å². The highest BCUT2D eigenvalue weighted by atomic mass is 79.9. The van der Waals surface area contributed by atoms with Gasteiger partial charge in [0.25, 0.3) is 5.91 Å². The molecule has 0 atom stereocenters. The normalized spacial score (nSPS) is 15.3. The lowest BCUT2D eigenvalue weighted by molar-refractivity contribution is 0.102. The average Bonchev–Trinajstić information content (AvgIpc) is 3.12. The van der Waals surface area contributed by atoms with E-state index in [0.29, 0.717) is 5.25 Å². The molecule has 2 aromatic rings. The zero-order valence-corrected chi connectivity index (χ0v) is 14.7. The number of rotatable bonds is 4. The van der Waals surface area contributed by atoms with Crippen molar-refractivity contribution >= 4 is 50.6 Å². The molecule has 3 rings (SSSR count). The van der Waals surface area contributed by atoms with Crippen molar-refractivity contribution in [1.29, 1.82) is 0 Å². The Bertz CT molecular complexity index is 635. The number of amides is 1. The number of carbonyl (C=O) groups is 1. The third kappa shape index (κ3) is 3.71. The van der Waals surface area contributed by atoms with Gasteiger partial charge in [-0.1, -0.05) is 25.0 Å². The van der Waals surface area contributed by atoms with Gasteiger partial charge in [-0.15, -0.1) is 23.1 Å². The van der Waals surface area contributed by atoms with Crippen molar-refractivity contribution in [3.8, 4) is 0 Å². The summed E-state index contributed by atoms with van der Waals surface area (Å²) in [4.78, 5) is 14.2. The SMILES string of the molecule is O=C(Nc1ccccc1SC1CCCC1)c1sccc1Br. The molecule has 1 aliphatic carbocycles. The second-order valence-corrected chi connectivity index (χ2v) is 8.18. The smallest absolute Gasteiger partial charge is 0.266 e. The van der Waals surface area contributed by atoms with Crippen LogP contribution in [0.1, 0.15) is 35.4 Å². The fourth-order valence-electron chi connectivity index (χ4n) is 2.49. The standard InChI is InChI=1S/C16H16BrNOS2/c17-12-9-10-20-15(12)16(19)18-13-7-3-4-8-14(13)21-11-5-1-2-6-11/h3-4,7-11H,1-2,5-6H2,(H,18,19). The number of thiophene rings is 1. The highest BCUT2D eigenvalue weighted by molar-refractivity contribution is 9.10. The van der Waals surface area contributed by atoms with Crippen LogP contribution in [0, 0.1) is 0 Å². The summed E-state index contributed by atoms with van der Waals surface area (Å²) in [5.41, 5.74) is 0.916. The molecule has 0 radical (unpaired) electrons. The van der Waals surface area contributed by atoms with Gasteiger partial charge in [-0.3, -0.25) is 4.79 Å². The molecule has 1 N–H and O–H groups in total. The highest BCUT2D eigenvalue weighted by Crippen LogP contribution is 2.38. The number of nitrogens with one attached hydrogen (secondary N) is 1. The lowest BCUT2D eigenvalue weighted by atomic mass is 10.3. The van der Waals surface area contributed by atoms with Crippen LogP contribution in [0.2, 0.25) is 0 Å². The van der Waals surface area contributed by atoms with E-state index in [0.717, 1.165) is 15.0 Å². The maximum absolute atomic E-state index is 12.3. The van der Waals surface area contributed by atoms with Gasteiger partial charge in [-0.2, -0.15) is 0 Å². The van der Waals surface area contributed by atoms with Crippen LogP contribution in [0.15, 0.2) is 45.1 Å². The summed E-state index contributed by atoms with van der Waals surface area (Å²) in [6, 6.07) is 9.99. The van der Waals surface area contributed by atoms with Crippen molar-refractivity contribution in [2.24, 2.45) is 0 Å². The first-order chi connectivity index (χ1) is 10.2. The molecule has 21 heavy (non-hydrogen) atoms. The van der Waals surface area contributed by atoms with Crippen molar-refractivity contribution in [3.63, 3.8) is 0 Å². The summed E-state index contributed by atoms with van der Waals surface area (Å²) in [6.07, 6.45) is 5.22. The van der Waals surface area contributed by atoms with E-state index in [1.54, 1.807) is 0 Å². The first-order valence-electron chi connectivity index (χ1n) is 7.04.